The summed E-state index contributed by atoms with van der Waals surface area (Å²) in [5.41, 5.74) is 2.29. The smallest absolute Gasteiger partial charge is 0.116 e. The van der Waals surface area contributed by atoms with Gasteiger partial charge < -0.3 is 0 Å². The molecule has 0 bridgehead atoms. The lowest BCUT2D eigenvalue weighted by Gasteiger charge is -2.10. The van der Waals surface area contributed by atoms with Crippen molar-refractivity contribution in [1.29, 1.82) is 0 Å². The zero-order chi connectivity index (χ0) is 11.0. The van der Waals surface area contributed by atoms with Gasteiger partial charge in [0.05, 0.1) is 11.2 Å². The molecule has 0 amide bonds. The average molecular weight is 277 g/mol. The lowest BCUT2D eigenvalue weighted by molar-refractivity contribution is 0.702. The van der Waals surface area contributed by atoms with Crippen molar-refractivity contribution in [2.75, 3.05) is 0 Å². The van der Waals surface area contributed by atoms with Crippen LogP contribution in [0.25, 0.3) is 10.9 Å². The molecule has 2 nitrogen and oxygen atoms in total. The molecule has 0 unspecified atom stereocenters. The van der Waals surface area contributed by atoms with Crippen molar-refractivity contribution in [3.05, 3.63) is 34.7 Å². The quantitative estimate of drug-likeness (QED) is 0.785. The van der Waals surface area contributed by atoms with Crippen LogP contribution in [0.15, 0.2) is 29.0 Å². The normalized spacial score (nSPS) is 17.1. The van der Waals surface area contributed by atoms with Crippen molar-refractivity contribution < 1.29 is 0 Å². The summed E-state index contributed by atoms with van der Waals surface area (Å²) >= 11 is 3.48. The molecule has 1 aromatic heterocycles. The van der Waals surface area contributed by atoms with Gasteiger partial charge in [0.1, 0.15) is 6.33 Å². The Morgan fingerprint density at radius 2 is 1.94 bits per heavy atom. The molecule has 0 N–H and O–H groups in total. The second-order valence-electron chi connectivity index (χ2n) is 4.40. The first-order valence-corrected chi connectivity index (χ1v) is 6.54. The van der Waals surface area contributed by atoms with E-state index in [9.17, 15) is 0 Å². The van der Waals surface area contributed by atoms with Crippen molar-refractivity contribution in [2.45, 2.75) is 31.6 Å². The van der Waals surface area contributed by atoms with E-state index in [1.807, 2.05) is 0 Å². The third-order valence-electron chi connectivity index (χ3n) is 3.37. The molecule has 16 heavy (non-hydrogen) atoms. The predicted octanol–water partition coefficient (Wildman–Crippen LogP) is 4.05. The molecule has 82 valence electrons. The molecular weight excluding hydrogens is 264 g/mol. The van der Waals surface area contributed by atoms with Crippen LogP contribution in [-0.4, -0.2) is 9.97 Å². The molecule has 0 atom stereocenters. The van der Waals surface area contributed by atoms with E-state index >= 15 is 0 Å². The zero-order valence-corrected chi connectivity index (χ0v) is 10.6. The number of rotatable bonds is 1. The molecule has 1 saturated carbocycles. The summed E-state index contributed by atoms with van der Waals surface area (Å²) < 4.78 is 1.08. The van der Waals surface area contributed by atoms with Crippen LogP contribution in [0.5, 0.6) is 0 Å². The molecule has 3 rings (SSSR count). The van der Waals surface area contributed by atoms with Crippen LogP contribution >= 0.6 is 15.9 Å². The highest BCUT2D eigenvalue weighted by atomic mass is 79.9. The van der Waals surface area contributed by atoms with Crippen LogP contribution in [0.2, 0.25) is 0 Å². The number of halogens is 1. The van der Waals surface area contributed by atoms with Gasteiger partial charge in [-0.15, -0.1) is 0 Å². The van der Waals surface area contributed by atoms with E-state index in [1.165, 1.54) is 36.8 Å². The summed E-state index contributed by atoms with van der Waals surface area (Å²) in [5, 5.41) is 1.22. The molecule has 0 spiro atoms. The van der Waals surface area contributed by atoms with Crippen LogP contribution in [0.3, 0.4) is 0 Å². The van der Waals surface area contributed by atoms with E-state index in [4.69, 9.17) is 0 Å². The highest BCUT2D eigenvalue weighted by Crippen LogP contribution is 2.36. The zero-order valence-electron chi connectivity index (χ0n) is 8.99. The molecular formula is C13H13BrN2. The van der Waals surface area contributed by atoms with Gasteiger partial charge in [0.15, 0.2) is 0 Å². The van der Waals surface area contributed by atoms with Crippen LogP contribution in [0.1, 0.15) is 37.3 Å². The molecule has 1 aliphatic carbocycles. The molecule has 1 aliphatic rings. The van der Waals surface area contributed by atoms with Gasteiger partial charge >= 0.3 is 0 Å². The van der Waals surface area contributed by atoms with E-state index in [0.717, 1.165) is 9.99 Å². The van der Waals surface area contributed by atoms with Gasteiger partial charge in [-0.25, -0.2) is 9.97 Å². The van der Waals surface area contributed by atoms with Crippen molar-refractivity contribution in [3.8, 4) is 0 Å². The molecule has 1 aromatic carbocycles. The average Bonchev–Trinajstić information content (AvgIpc) is 2.81. The van der Waals surface area contributed by atoms with Gasteiger partial charge in [0.25, 0.3) is 0 Å². The van der Waals surface area contributed by atoms with Crippen LogP contribution in [0, 0.1) is 0 Å². The number of hydrogen-bond acceptors (Lipinski definition) is 2. The van der Waals surface area contributed by atoms with Crippen LogP contribution in [-0.2, 0) is 0 Å². The summed E-state index contributed by atoms with van der Waals surface area (Å²) in [7, 11) is 0. The standard InChI is InChI=1S/C13H13BrN2/c14-10-5-6-11-12(7-10)15-8-16-13(11)9-3-1-2-4-9/h5-9H,1-4H2. The number of hydrogen-bond donors (Lipinski definition) is 0. The molecule has 3 heteroatoms. The van der Waals surface area contributed by atoms with Crippen LogP contribution < -0.4 is 0 Å². The Morgan fingerprint density at radius 1 is 1.12 bits per heavy atom. The van der Waals surface area contributed by atoms with E-state index in [2.05, 4.69) is 44.1 Å². The Morgan fingerprint density at radius 3 is 2.75 bits per heavy atom. The van der Waals surface area contributed by atoms with Crippen LogP contribution in [0.4, 0.5) is 0 Å². The van der Waals surface area contributed by atoms with Crippen molar-refractivity contribution in [1.82, 2.24) is 9.97 Å². The fraction of sp³-hybridized carbons (Fsp3) is 0.385. The largest absolute Gasteiger partial charge is 0.240 e. The van der Waals surface area contributed by atoms with E-state index in [-0.39, 0.29) is 0 Å². The highest BCUT2D eigenvalue weighted by Gasteiger charge is 2.20. The maximum absolute atomic E-state index is 4.49. The Kier molecular flexibility index (Phi) is 2.64. The minimum Gasteiger partial charge on any atom is -0.240 e. The Hall–Kier alpha value is -0.960. The van der Waals surface area contributed by atoms with E-state index in [0.29, 0.717) is 5.92 Å². The van der Waals surface area contributed by atoms with Gasteiger partial charge in [-0.2, -0.15) is 0 Å². The maximum Gasteiger partial charge on any atom is 0.116 e. The first-order valence-electron chi connectivity index (χ1n) is 5.75. The monoisotopic (exact) mass is 276 g/mol. The summed E-state index contributed by atoms with van der Waals surface area (Å²) in [6.45, 7) is 0. The second-order valence-corrected chi connectivity index (χ2v) is 5.32. The Balaban J connectivity index is 2.16. The van der Waals surface area contributed by atoms with Crippen molar-refractivity contribution in [3.63, 3.8) is 0 Å². The van der Waals surface area contributed by atoms with Gasteiger partial charge in [0, 0.05) is 15.8 Å². The van der Waals surface area contributed by atoms with Gasteiger partial charge in [-0.1, -0.05) is 28.8 Å². The number of fused-ring (bicyclic) bond motifs is 1. The Bertz CT molecular complexity index is 518. The SMILES string of the molecule is Brc1ccc2c(C3CCCC3)ncnc2c1. The predicted molar refractivity (Wildman–Crippen MR) is 68.4 cm³/mol. The molecule has 1 heterocycles. The highest BCUT2D eigenvalue weighted by molar-refractivity contribution is 9.10. The summed E-state index contributed by atoms with van der Waals surface area (Å²) in [6.07, 6.45) is 6.94. The van der Waals surface area contributed by atoms with Crippen molar-refractivity contribution >= 4 is 26.8 Å². The summed E-state index contributed by atoms with van der Waals surface area (Å²) in [6, 6.07) is 6.27. The molecule has 0 saturated heterocycles. The van der Waals surface area contributed by atoms with E-state index in [1.54, 1.807) is 6.33 Å². The third-order valence-corrected chi connectivity index (χ3v) is 3.86. The number of nitrogens with zero attached hydrogens (tertiary/aromatic N) is 2. The second kappa shape index (κ2) is 4.13. The lowest BCUT2D eigenvalue weighted by atomic mass is 10.00. The minimum atomic E-state index is 0.645. The molecule has 0 radical (unpaired) electrons. The van der Waals surface area contributed by atoms with Gasteiger partial charge in [-0.3, -0.25) is 0 Å². The van der Waals surface area contributed by atoms with Gasteiger partial charge in [-0.05, 0) is 31.0 Å². The molecule has 2 aromatic rings. The summed E-state index contributed by atoms with van der Waals surface area (Å²) in [5.74, 6) is 0.645. The summed E-state index contributed by atoms with van der Waals surface area (Å²) in [4.78, 5) is 8.83. The third kappa shape index (κ3) is 1.73. The topological polar surface area (TPSA) is 25.8 Å². The number of benzene rings is 1. The van der Waals surface area contributed by atoms with Gasteiger partial charge in [0.2, 0.25) is 0 Å². The molecule has 1 fully saturated rings. The molecule has 0 aliphatic heterocycles. The first-order chi connectivity index (χ1) is 7.84. The fourth-order valence-corrected chi connectivity index (χ4v) is 2.92. The fourth-order valence-electron chi connectivity index (χ4n) is 2.58. The number of aromatic nitrogens is 2. The van der Waals surface area contributed by atoms with E-state index < -0.39 is 0 Å². The lowest BCUT2D eigenvalue weighted by Crippen LogP contribution is -1.98. The maximum atomic E-state index is 4.49. The minimum absolute atomic E-state index is 0.645. The van der Waals surface area contributed by atoms with Crippen molar-refractivity contribution in [2.24, 2.45) is 0 Å². The Labute approximate surface area is 103 Å². The first kappa shape index (κ1) is 10.2.